The van der Waals surface area contributed by atoms with E-state index in [0.717, 1.165) is 17.5 Å². The van der Waals surface area contributed by atoms with Crippen LogP contribution in [0.3, 0.4) is 0 Å². The first-order valence-electron chi connectivity index (χ1n) is 6.76. The molecule has 2 heteroatoms. The van der Waals surface area contributed by atoms with Crippen LogP contribution in [0.2, 0.25) is 5.02 Å². The number of nitrogens with one attached hydrogen (secondary N) is 1. The third-order valence-electron chi connectivity index (χ3n) is 3.89. The maximum absolute atomic E-state index is 6.20. The van der Waals surface area contributed by atoms with Gasteiger partial charge in [0.25, 0.3) is 0 Å². The average molecular weight is 252 g/mol. The van der Waals surface area contributed by atoms with Crippen LogP contribution in [-0.4, -0.2) is 6.54 Å². The highest BCUT2D eigenvalue weighted by molar-refractivity contribution is 6.33. The summed E-state index contributed by atoms with van der Waals surface area (Å²) in [6.45, 7) is 5.68. The summed E-state index contributed by atoms with van der Waals surface area (Å²) in [5.74, 6) is 1.38. The molecule has 0 fully saturated rings. The Morgan fingerprint density at radius 3 is 3.00 bits per heavy atom. The number of anilines is 1. The van der Waals surface area contributed by atoms with Gasteiger partial charge in [0, 0.05) is 12.5 Å². The monoisotopic (exact) mass is 251 g/mol. The molecule has 1 aromatic carbocycles. The van der Waals surface area contributed by atoms with E-state index in [2.05, 4.69) is 31.3 Å². The van der Waals surface area contributed by atoms with Crippen LogP contribution in [0.1, 0.15) is 51.0 Å². The topological polar surface area (TPSA) is 12.0 Å². The molecule has 0 bridgehead atoms. The van der Waals surface area contributed by atoms with Gasteiger partial charge in [0.05, 0.1) is 10.7 Å². The van der Waals surface area contributed by atoms with Crippen LogP contribution in [0.5, 0.6) is 0 Å². The second-order valence-corrected chi connectivity index (χ2v) is 5.57. The average Bonchev–Trinajstić information content (AvgIpc) is 2.74. The largest absolute Gasteiger partial charge is 0.383 e. The lowest BCUT2D eigenvalue weighted by molar-refractivity contribution is 0.430. The minimum absolute atomic E-state index is 0.639. The van der Waals surface area contributed by atoms with Gasteiger partial charge < -0.3 is 5.32 Å². The Kier molecular flexibility index (Phi) is 4.33. The molecular formula is C15H22ClN. The van der Waals surface area contributed by atoms with Gasteiger partial charge in [-0.05, 0) is 17.5 Å². The maximum atomic E-state index is 6.20. The number of hydrogen-bond acceptors (Lipinski definition) is 1. The highest BCUT2D eigenvalue weighted by atomic mass is 35.5. The predicted octanol–water partition coefficient (Wildman–Crippen LogP) is 5.07. The number of benzene rings is 1. The van der Waals surface area contributed by atoms with Crippen LogP contribution in [0, 0.1) is 5.92 Å². The first kappa shape index (κ1) is 12.8. The zero-order valence-corrected chi connectivity index (χ0v) is 11.6. The lowest BCUT2D eigenvalue weighted by Crippen LogP contribution is -2.12. The molecule has 17 heavy (non-hydrogen) atoms. The molecule has 0 aliphatic carbocycles. The van der Waals surface area contributed by atoms with Crippen LogP contribution in [0.15, 0.2) is 18.2 Å². The Labute approximate surface area is 110 Å². The van der Waals surface area contributed by atoms with Crippen molar-refractivity contribution in [2.24, 2.45) is 5.92 Å². The van der Waals surface area contributed by atoms with E-state index in [9.17, 15) is 0 Å². The highest BCUT2D eigenvalue weighted by Crippen LogP contribution is 2.41. The zero-order valence-electron chi connectivity index (χ0n) is 10.8. The minimum Gasteiger partial charge on any atom is -0.383 e. The summed E-state index contributed by atoms with van der Waals surface area (Å²) in [4.78, 5) is 0. The Morgan fingerprint density at radius 1 is 1.41 bits per heavy atom. The molecule has 1 nitrogen and oxygen atoms in total. The summed E-state index contributed by atoms with van der Waals surface area (Å²) >= 11 is 6.20. The van der Waals surface area contributed by atoms with Gasteiger partial charge in [-0.15, -0.1) is 0 Å². The van der Waals surface area contributed by atoms with Gasteiger partial charge in [-0.25, -0.2) is 0 Å². The summed E-state index contributed by atoms with van der Waals surface area (Å²) in [6, 6.07) is 6.26. The highest BCUT2D eigenvalue weighted by Gasteiger charge is 2.27. The molecule has 1 N–H and O–H groups in total. The molecule has 0 amide bonds. The summed E-state index contributed by atoms with van der Waals surface area (Å²) in [7, 11) is 0. The summed E-state index contributed by atoms with van der Waals surface area (Å²) in [6.07, 6.45) is 5.33. The van der Waals surface area contributed by atoms with Gasteiger partial charge in [0.1, 0.15) is 0 Å². The Morgan fingerprint density at radius 2 is 2.24 bits per heavy atom. The summed E-state index contributed by atoms with van der Waals surface area (Å²) in [5.41, 5.74) is 2.59. The number of halogens is 1. The van der Waals surface area contributed by atoms with Crippen molar-refractivity contribution in [3.05, 3.63) is 28.8 Å². The van der Waals surface area contributed by atoms with Gasteiger partial charge in [-0.3, -0.25) is 0 Å². The number of unbranched alkanes of at least 4 members (excludes halogenated alkanes) is 2. The SMILES string of the molecule is CCCCCC(C)C1CNc2c(Cl)cccc21. The second-order valence-electron chi connectivity index (χ2n) is 5.16. The van der Waals surface area contributed by atoms with Gasteiger partial charge in [-0.1, -0.05) is 63.3 Å². The van der Waals surface area contributed by atoms with Gasteiger partial charge in [-0.2, -0.15) is 0 Å². The van der Waals surface area contributed by atoms with Crippen molar-refractivity contribution in [2.75, 3.05) is 11.9 Å². The van der Waals surface area contributed by atoms with Crippen molar-refractivity contribution < 1.29 is 0 Å². The van der Waals surface area contributed by atoms with Crippen LogP contribution < -0.4 is 5.32 Å². The van der Waals surface area contributed by atoms with E-state index in [-0.39, 0.29) is 0 Å². The maximum Gasteiger partial charge on any atom is 0.0640 e. The van der Waals surface area contributed by atoms with Crippen molar-refractivity contribution in [1.29, 1.82) is 0 Å². The number of para-hydroxylation sites is 1. The zero-order chi connectivity index (χ0) is 12.3. The van der Waals surface area contributed by atoms with E-state index in [0.29, 0.717) is 5.92 Å². The first-order chi connectivity index (χ1) is 8.24. The third-order valence-corrected chi connectivity index (χ3v) is 4.21. The molecule has 1 heterocycles. The molecule has 1 aromatic rings. The molecular weight excluding hydrogens is 230 g/mol. The number of fused-ring (bicyclic) bond motifs is 1. The van der Waals surface area contributed by atoms with Crippen LogP contribution in [-0.2, 0) is 0 Å². The molecule has 1 aliphatic heterocycles. The van der Waals surface area contributed by atoms with E-state index < -0.39 is 0 Å². The van der Waals surface area contributed by atoms with E-state index in [1.807, 2.05) is 6.07 Å². The van der Waals surface area contributed by atoms with Crippen LogP contribution in [0.4, 0.5) is 5.69 Å². The van der Waals surface area contributed by atoms with Crippen LogP contribution in [0.25, 0.3) is 0 Å². The molecule has 0 radical (unpaired) electrons. The lowest BCUT2D eigenvalue weighted by Gasteiger charge is -2.19. The summed E-state index contributed by atoms with van der Waals surface area (Å²) < 4.78 is 0. The van der Waals surface area contributed by atoms with Gasteiger partial charge in [0.15, 0.2) is 0 Å². The molecule has 0 spiro atoms. The van der Waals surface area contributed by atoms with Crippen molar-refractivity contribution in [2.45, 2.75) is 45.4 Å². The number of rotatable bonds is 5. The van der Waals surface area contributed by atoms with Crippen molar-refractivity contribution >= 4 is 17.3 Å². The fourth-order valence-corrected chi connectivity index (χ4v) is 3.03. The van der Waals surface area contributed by atoms with Crippen molar-refractivity contribution in [1.82, 2.24) is 0 Å². The number of hydrogen-bond donors (Lipinski definition) is 1. The fourth-order valence-electron chi connectivity index (χ4n) is 2.78. The molecule has 1 aliphatic rings. The molecule has 2 atom stereocenters. The molecule has 0 aromatic heterocycles. The van der Waals surface area contributed by atoms with Crippen molar-refractivity contribution in [3.8, 4) is 0 Å². The lowest BCUT2D eigenvalue weighted by atomic mass is 9.85. The molecule has 0 saturated heterocycles. The van der Waals surface area contributed by atoms with Crippen LogP contribution >= 0.6 is 11.6 Å². The second kappa shape index (κ2) is 5.77. The molecule has 2 unspecified atom stereocenters. The Balaban J connectivity index is 2.03. The first-order valence-corrected chi connectivity index (χ1v) is 7.14. The standard InChI is InChI=1S/C15H22ClN/c1-3-4-5-7-11(2)13-10-17-15-12(13)8-6-9-14(15)16/h6,8-9,11,13,17H,3-5,7,10H2,1-2H3. The van der Waals surface area contributed by atoms with Gasteiger partial charge in [0.2, 0.25) is 0 Å². The molecule has 94 valence electrons. The van der Waals surface area contributed by atoms with E-state index in [1.165, 1.54) is 36.9 Å². The van der Waals surface area contributed by atoms with E-state index >= 15 is 0 Å². The predicted molar refractivity (Wildman–Crippen MR) is 76.0 cm³/mol. The Hall–Kier alpha value is -0.690. The van der Waals surface area contributed by atoms with Gasteiger partial charge >= 0.3 is 0 Å². The quantitative estimate of drug-likeness (QED) is 0.721. The van der Waals surface area contributed by atoms with E-state index in [4.69, 9.17) is 11.6 Å². The fraction of sp³-hybridized carbons (Fsp3) is 0.600. The minimum atomic E-state index is 0.639. The Bertz CT molecular complexity index is 375. The molecule has 0 saturated carbocycles. The third kappa shape index (κ3) is 2.77. The van der Waals surface area contributed by atoms with Crippen molar-refractivity contribution in [3.63, 3.8) is 0 Å². The smallest absolute Gasteiger partial charge is 0.0640 e. The summed E-state index contributed by atoms with van der Waals surface area (Å²) in [5, 5.41) is 4.32. The normalized spacial score (nSPS) is 19.8. The van der Waals surface area contributed by atoms with E-state index in [1.54, 1.807) is 0 Å². The molecule has 2 rings (SSSR count).